The molecule has 0 amide bonds. The molecule has 0 radical (unpaired) electrons. The summed E-state index contributed by atoms with van der Waals surface area (Å²) in [6.07, 6.45) is 5.73. The number of pyridine rings is 1. The van der Waals surface area contributed by atoms with Gasteiger partial charge in [0.15, 0.2) is 5.66 Å². The number of aromatic nitrogens is 1. The molecular formula is C31H25N3O. The topological polar surface area (TPSA) is 50.4 Å². The average molecular weight is 456 g/mol. The van der Waals surface area contributed by atoms with E-state index in [-0.39, 0.29) is 5.41 Å². The highest BCUT2D eigenvalue weighted by atomic mass is 16.3. The molecule has 2 aromatic heterocycles. The molecule has 1 atom stereocenters. The normalized spacial score (nSPS) is 19.9. The van der Waals surface area contributed by atoms with Gasteiger partial charge in [0.1, 0.15) is 11.2 Å². The van der Waals surface area contributed by atoms with Crippen LogP contribution in [0.3, 0.4) is 0 Å². The molecule has 35 heavy (non-hydrogen) atoms. The van der Waals surface area contributed by atoms with E-state index in [4.69, 9.17) is 9.41 Å². The van der Waals surface area contributed by atoms with Crippen molar-refractivity contribution >= 4 is 33.7 Å². The number of furan rings is 1. The summed E-state index contributed by atoms with van der Waals surface area (Å²) < 4.78 is 6.43. The maximum Gasteiger partial charge on any atom is 0.152 e. The minimum atomic E-state index is -0.552. The molecule has 170 valence electrons. The van der Waals surface area contributed by atoms with Crippen molar-refractivity contribution in [3.8, 4) is 11.1 Å². The monoisotopic (exact) mass is 455 g/mol. The van der Waals surface area contributed by atoms with E-state index in [1.165, 1.54) is 33.0 Å². The summed E-state index contributed by atoms with van der Waals surface area (Å²) in [4.78, 5) is 9.37. The molecule has 0 fully saturated rings. The van der Waals surface area contributed by atoms with Crippen molar-refractivity contribution in [1.29, 1.82) is 0 Å². The second-order valence-electron chi connectivity index (χ2n) is 10.1. The Hall–Kier alpha value is -4.18. The van der Waals surface area contributed by atoms with Gasteiger partial charge in [0.05, 0.1) is 5.69 Å². The van der Waals surface area contributed by atoms with Crippen molar-refractivity contribution in [3.05, 3.63) is 108 Å². The van der Waals surface area contributed by atoms with Crippen LogP contribution in [0.5, 0.6) is 0 Å². The summed E-state index contributed by atoms with van der Waals surface area (Å²) in [6.45, 7) is 6.70. The van der Waals surface area contributed by atoms with E-state index in [1.807, 2.05) is 36.7 Å². The molecule has 4 nitrogen and oxygen atoms in total. The molecular weight excluding hydrogens is 430 g/mol. The smallest absolute Gasteiger partial charge is 0.152 e. The largest absolute Gasteiger partial charge is 0.456 e. The molecule has 1 aliphatic carbocycles. The molecule has 2 aliphatic rings. The Kier molecular flexibility index (Phi) is 4.00. The third-order valence-electron chi connectivity index (χ3n) is 7.65. The van der Waals surface area contributed by atoms with Gasteiger partial charge in [-0.2, -0.15) is 0 Å². The molecule has 3 heterocycles. The number of nitrogens with one attached hydrogen (secondary N) is 1. The van der Waals surface area contributed by atoms with E-state index in [0.717, 1.165) is 28.0 Å². The highest BCUT2D eigenvalue weighted by molar-refractivity contribution is 6.10. The van der Waals surface area contributed by atoms with Crippen molar-refractivity contribution in [1.82, 2.24) is 10.3 Å². The van der Waals surface area contributed by atoms with Crippen LogP contribution in [0.1, 0.15) is 43.2 Å². The summed E-state index contributed by atoms with van der Waals surface area (Å²) in [6, 6.07) is 25.4. The Bertz CT molecular complexity index is 1710. The molecule has 1 unspecified atom stereocenters. The van der Waals surface area contributed by atoms with Crippen LogP contribution < -0.4 is 5.32 Å². The molecule has 5 aromatic rings. The number of rotatable bonds is 2. The lowest BCUT2D eigenvalue weighted by Crippen LogP contribution is -2.36. The first-order valence-electron chi connectivity index (χ1n) is 12.0. The highest BCUT2D eigenvalue weighted by Gasteiger charge is 2.39. The van der Waals surface area contributed by atoms with Gasteiger partial charge < -0.3 is 9.73 Å². The van der Waals surface area contributed by atoms with Crippen LogP contribution in [0.4, 0.5) is 0 Å². The van der Waals surface area contributed by atoms with E-state index < -0.39 is 5.66 Å². The zero-order valence-corrected chi connectivity index (χ0v) is 20.0. The van der Waals surface area contributed by atoms with Crippen LogP contribution in [0, 0.1) is 0 Å². The molecule has 3 aromatic carbocycles. The predicted molar refractivity (Wildman–Crippen MR) is 142 cm³/mol. The van der Waals surface area contributed by atoms with Crippen LogP contribution in [-0.2, 0) is 11.1 Å². The lowest BCUT2D eigenvalue weighted by molar-refractivity contribution is 0.441. The maximum absolute atomic E-state index is 6.43. The van der Waals surface area contributed by atoms with Crippen molar-refractivity contribution in [3.63, 3.8) is 0 Å². The fraction of sp³-hybridized carbons (Fsp3) is 0.161. The number of allylic oxidation sites excluding steroid dienone is 1. The van der Waals surface area contributed by atoms with E-state index in [1.54, 1.807) is 6.20 Å². The summed E-state index contributed by atoms with van der Waals surface area (Å²) in [5, 5.41) is 5.87. The minimum absolute atomic E-state index is 0.160. The second-order valence-corrected chi connectivity index (χ2v) is 10.1. The zero-order chi connectivity index (χ0) is 23.8. The van der Waals surface area contributed by atoms with Crippen LogP contribution in [-0.4, -0.2) is 11.2 Å². The number of hydrogen-bond acceptors (Lipinski definition) is 4. The molecule has 0 saturated carbocycles. The molecule has 7 rings (SSSR count). The molecule has 0 saturated heterocycles. The first kappa shape index (κ1) is 20.2. The Labute approximate surface area is 204 Å². The second kappa shape index (κ2) is 6.92. The minimum Gasteiger partial charge on any atom is -0.456 e. The van der Waals surface area contributed by atoms with Gasteiger partial charge in [0.25, 0.3) is 0 Å². The highest BCUT2D eigenvalue weighted by Crippen LogP contribution is 2.53. The van der Waals surface area contributed by atoms with Crippen molar-refractivity contribution in [2.45, 2.75) is 31.8 Å². The van der Waals surface area contributed by atoms with Gasteiger partial charge in [-0.1, -0.05) is 56.3 Å². The third-order valence-corrected chi connectivity index (χ3v) is 7.65. The molecule has 1 N–H and O–H groups in total. The van der Waals surface area contributed by atoms with Crippen LogP contribution >= 0.6 is 0 Å². The lowest BCUT2D eigenvalue weighted by atomic mass is 9.81. The van der Waals surface area contributed by atoms with E-state index in [0.29, 0.717) is 0 Å². The van der Waals surface area contributed by atoms with Gasteiger partial charge in [-0.25, -0.2) is 0 Å². The Morgan fingerprint density at radius 2 is 1.69 bits per heavy atom. The van der Waals surface area contributed by atoms with E-state index in [2.05, 4.69) is 79.6 Å². The van der Waals surface area contributed by atoms with Gasteiger partial charge in [0, 0.05) is 45.9 Å². The zero-order valence-electron chi connectivity index (χ0n) is 20.0. The van der Waals surface area contributed by atoms with E-state index in [9.17, 15) is 0 Å². The van der Waals surface area contributed by atoms with Crippen LogP contribution in [0.15, 0.2) is 94.6 Å². The first-order chi connectivity index (χ1) is 17.0. The number of fused-ring (bicyclic) bond motifs is 7. The summed E-state index contributed by atoms with van der Waals surface area (Å²) >= 11 is 0. The quantitative estimate of drug-likeness (QED) is 0.307. The summed E-state index contributed by atoms with van der Waals surface area (Å²) in [7, 11) is 0. The van der Waals surface area contributed by atoms with Gasteiger partial charge in [0.2, 0.25) is 0 Å². The first-order valence-corrected chi connectivity index (χ1v) is 12.0. The van der Waals surface area contributed by atoms with Gasteiger partial charge in [-0.3, -0.25) is 9.98 Å². The van der Waals surface area contributed by atoms with Gasteiger partial charge in [-0.05, 0) is 59.5 Å². The van der Waals surface area contributed by atoms with Crippen LogP contribution in [0.2, 0.25) is 0 Å². The fourth-order valence-electron chi connectivity index (χ4n) is 5.71. The lowest BCUT2D eigenvalue weighted by Gasteiger charge is -2.30. The van der Waals surface area contributed by atoms with Gasteiger partial charge >= 0.3 is 0 Å². The molecule has 0 spiro atoms. The molecule has 0 bridgehead atoms. The standard InChI is InChI=1S/C31H25N3O/c1-30(2)25-14-11-20(31(3)33-17-19(18-34-31)26-9-6-7-15-32-26)16-24(25)22-12-13-23-21-8-4-5-10-27(21)35-29(23)28(22)30/h4-18,33H,1-3H3. The third kappa shape index (κ3) is 2.80. The van der Waals surface area contributed by atoms with Gasteiger partial charge in [-0.15, -0.1) is 0 Å². The number of para-hydroxylation sites is 1. The van der Waals surface area contributed by atoms with Crippen molar-refractivity contribution < 1.29 is 4.42 Å². The average Bonchev–Trinajstić information content (AvgIpc) is 3.37. The SMILES string of the molecule is CC1(c2ccc3c(c2)-c2ccc4c(oc5ccccc54)c2C3(C)C)N=CC(c2ccccn2)=CN1. The fourth-order valence-corrected chi connectivity index (χ4v) is 5.71. The number of hydrogen-bond donors (Lipinski definition) is 1. The molecule has 1 aliphatic heterocycles. The maximum atomic E-state index is 6.43. The van der Waals surface area contributed by atoms with Crippen molar-refractivity contribution in [2.75, 3.05) is 0 Å². The Morgan fingerprint density at radius 1 is 0.829 bits per heavy atom. The predicted octanol–water partition coefficient (Wildman–Crippen LogP) is 7.18. The Morgan fingerprint density at radius 3 is 2.49 bits per heavy atom. The van der Waals surface area contributed by atoms with Crippen LogP contribution in [0.25, 0.3) is 38.6 Å². The number of benzene rings is 3. The Balaban J connectivity index is 1.34. The summed E-state index contributed by atoms with van der Waals surface area (Å²) in [5.41, 5.74) is 9.30. The number of nitrogens with zero attached hydrogens (tertiary/aromatic N) is 2. The van der Waals surface area contributed by atoms with E-state index >= 15 is 0 Å². The van der Waals surface area contributed by atoms with Crippen molar-refractivity contribution in [2.24, 2.45) is 4.99 Å². The summed E-state index contributed by atoms with van der Waals surface area (Å²) in [5.74, 6) is 0. The number of aliphatic imine (C=N–C) groups is 1. The molecule has 4 heteroatoms.